The highest BCUT2D eigenvalue weighted by Gasteiger charge is 2.51. The average molecular weight is 625 g/mol. The number of ether oxygens (including phenoxy) is 5. The summed E-state index contributed by atoms with van der Waals surface area (Å²) in [6, 6.07) is 5.86. The van der Waals surface area contributed by atoms with Crippen molar-refractivity contribution in [3.63, 3.8) is 0 Å². The second kappa shape index (κ2) is 12.4. The van der Waals surface area contributed by atoms with Crippen LogP contribution in [0.5, 0.6) is 28.7 Å². The predicted octanol–water partition coefficient (Wildman–Crippen LogP) is -1.38. The van der Waals surface area contributed by atoms with Gasteiger partial charge in [0.05, 0.1) is 19.8 Å². The van der Waals surface area contributed by atoms with Gasteiger partial charge in [0, 0.05) is 17.7 Å². The third kappa shape index (κ3) is 5.63. The van der Waals surface area contributed by atoms with E-state index in [-0.39, 0.29) is 28.4 Å². The summed E-state index contributed by atoms with van der Waals surface area (Å²) in [5.41, 5.74) is -1.23. The lowest BCUT2D eigenvalue weighted by Gasteiger charge is -2.45. The molecule has 2 fully saturated rings. The molecule has 2 aromatic carbocycles. The van der Waals surface area contributed by atoms with E-state index in [4.69, 9.17) is 28.1 Å². The topological polar surface area (TPSA) is 258 Å². The Hall–Kier alpha value is -3.71. The minimum Gasteiger partial charge on any atom is -0.508 e. The molecule has 0 amide bonds. The second-order valence-corrected chi connectivity index (χ2v) is 10.4. The fourth-order valence-electron chi connectivity index (χ4n) is 5.09. The van der Waals surface area contributed by atoms with Crippen molar-refractivity contribution in [3.05, 3.63) is 40.6 Å². The third-order valence-corrected chi connectivity index (χ3v) is 7.52. The van der Waals surface area contributed by atoms with Crippen LogP contribution in [-0.4, -0.2) is 121 Å². The Morgan fingerprint density at radius 3 is 2.23 bits per heavy atom. The van der Waals surface area contributed by atoms with Gasteiger partial charge in [-0.05, 0) is 25.1 Å². The van der Waals surface area contributed by atoms with Crippen molar-refractivity contribution in [3.8, 4) is 40.1 Å². The normalized spacial score (nSPS) is 32.5. The number of hydrogen-bond donors (Lipinski definition) is 9. The Morgan fingerprint density at radius 2 is 1.57 bits per heavy atom. The molecule has 10 unspecified atom stereocenters. The fourth-order valence-corrected chi connectivity index (χ4v) is 5.09. The first kappa shape index (κ1) is 31.7. The lowest BCUT2D eigenvalue weighted by atomic mass is 9.97. The van der Waals surface area contributed by atoms with Crippen molar-refractivity contribution in [2.45, 2.75) is 68.3 Å². The highest BCUT2D eigenvalue weighted by atomic mass is 16.8. The van der Waals surface area contributed by atoms with Gasteiger partial charge in [0.1, 0.15) is 59.1 Å². The van der Waals surface area contributed by atoms with Gasteiger partial charge in [-0.2, -0.15) is 0 Å². The van der Waals surface area contributed by atoms with Crippen LogP contribution >= 0.6 is 0 Å². The number of hydrogen-bond acceptors (Lipinski definition) is 16. The van der Waals surface area contributed by atoms with Crippen molar-refractivity contribution in [1.29, 1.82) is 0 Å². The molecule has 16 heteroatoms. The quantitative estimate of drug-likeness (QED) is 0.147. The zero-order valence-electron chi connectivity index (χ0n) is 23.3. The smallest absolute Gasteiger partial charge is 0.239 e. The molecule has 0 aliphatic carbocycles. The molecule has 9 N–H and O–H groups in total. The van der Waals surface area contributed by atoms with Gasteiger partial charge in [0.25, 0.3) is 0 Å². The maximum Gasteiger partial charge on any atom is 0.239 e. The van der Waals surface area contributed by atoms with E-state index in [1.807, 2.05) is 0 Å². The van der Waals surface area contributed by atoms with Crippen molar-refractivity contribution in [2.75, 3.05) is 13.7 Å². The van der Waals surface area contributed by atoms with E-state index in [9.17, 15) is 50.8 Å². The first-order valence-corrected chi connectivity index (χ1v) is 13.4. The first-order valence-electron chi connectivity index (χ1n) is 13.4. The van der Waals surface area contributed by atoms with Crippen LogP contribution in [0.15, 0.2) is 39.5 Å². The van der Waals surface area contributed by atoms with Gasteiger partial charge in [-0.25, -0.2) is 0 Å². The Bertz CT molecular complexity index is 1560. The molecule has 2 aliphatic heterocycles. The number of benzene rings is 2. The van der Waals surface area contributed by atoms with Crippen molar-refractivity contribution < 1.29 is 74.1 Å². The molecular weight excluding hydrogens is 592 g/mol. The van der Waals surface area contributed by atoms with Crippen LogP contribution in [0.4, 0.5) is 0 Å². The van der Waals surface area contributed by atoms with Gasteiger partial charge in [0.2, 0.25) is 17.5 Å². The van der Waals surface area contributed by atoms with Crippen molar-refractivity contribution in [1.82, 2.24) is 0 Å². The summed E-state index contributed by atoms with van der Waals surface area (Å²) in [7, 11) is 1.32. The number of aromatic hydroxyl groups is 3. The van der Waals surface area contributed by atoms with E-state index in [1.54, 1.807) is 0 Å². The lowest BCUT2D eigenvalue weighted by molar-refractivity contribution is -0.354. The summed E-state index contributed by atoms with van der Waals surface area (Å²) >= 11 is 0. The molecule has 44 heavy (non-hydrogen) atoms. The Labute approximate surface area is 248 Å². The van der Waals surface area contributed by atoms with Gasteiger partial charge < -0.3 is 74.1 Å². The minimum absolute atomic E-state index is 0.0460. The molecule has 3 aromatic rings. The summed E-state index contributed by atoms with van der Waals surface area (Å²) in [6.45, 7) is 0.566. The largest absolute Gasteiger partial charge is 0.508 e. The molecule has 2 saturated heterocycles. The standard InChI is InChI=1S/C28H32O16/c1-9-18(33)21(36)23(38)27(40-9)44-26-22(37)19(34)16(8-29)42-28(26)43-25-20(35)17-13(32)6-11(30)7-15(17)41-24(25)10-3-4-14(39-2)12(31)5-10/h3-7,9,16,18-19,21-23,26-34,36-38H,8H2,1-2H3. The average Bonchev–Trinajstić information content (AvgIpc) is 2.98. The van der Waals surface area contributed by atoms with Crippen LogP contribution in [0.2, 0.25) is 0 Å². The maximum absolute atomic E-state index is 13.8. The van der Waals surface area contributed by atoms with Crippen molar-refractivity contribution >= 4 is 11.0 Å². The Kier molecular flexibility index (Phi) is 8.90. The maximum atomic E-state index is 13.8. The molecule has 240 valence electrons. The molecule has 0 radical (unpaired) electrons. The highest BCUT2D eigenvalue weighted by Crippen LogP contribution is 2.40. The van der Waals surface area contributed by atoms with Crippen LogP contribution < -0.4 is 14.9 Å². The number of rotatable bonds is 7. The van der Waals surface area contributed by atoms with Crippen LogP contribution in [0.3, 0.4) is 0 Å². The van der Waals surface area contributed by atoms with Crippen molar-refractivity contribution in [2.24, 2.45) is 0 Å². The van der Waals surface area contributed by atoms with E-state index >= 15 is 0 Å². The summed E-state index contributed by atoms with van der Waals surface area (Å²) in [4.78, 5) is 13.8. The second-order valence-electron chi connectivity index (χ2n) is 10.4. The molecule has 3 heterocycles. The number of phenolic OH excluding ortho intramolecular Hbond substituents is 3. The number of fused-ring (bicyclic) bond motifs is 1. The number of methoxy groups -OCH3 is 1. The number of phenols is 3. The zero-order chi connectivity index (χ0) is 32.0. The van der Waals surface area contributed by atoms with Gasteiger partial charge in [-0.1, -0.05) is 0 Å². The van der Waals surface area contributed by atoms with E-state index in [0.29, 0.717) is 0 Å². The minimum atomic E-state index is -1.90. The number of aliphatic hydroxyl groups is 6. The molecule has 2 aliphatic rings. The molecule has 16 nitrogen and oxygen atoms in total. The Morgan fingerprint density at radius 1 is 0.841 bits per heavy atom. The summed E-state index contributed by atoms with van der Waals surface area (Å²) in [5.74, 6) is -2.40. The molecule has 0 saturated carbocycles. The summed E-state index contributed by atoms with van der Waals surface area (Å²) in [5, 5.41) is 92.5. The summed E-state index contributed by atoms with van der Waals surface area (Å²) < 4.78 is 33.6. The Balaban J connectivity index is 1.62. The van der Waals surface area contributed by atoms with Crippen LogP contribution in [-0.2, 0) is 14.2 Å². The first-order chi connectivity index (χ1) is 20.9. The molecule has 0 spiro atoms. The third-order valence-electron chi connectivity index (χ3n) is 7.52. The molecule has 1 aromatic heterocycles. The molecule has 0 bridgehead atoms. The van der Waals surface area contributed by atoms with E-state index in [1.165, 1.54) is 32.2 Å². The van der Waals surface area contributed by atoms with Gasteiger partial charge in [-0.15, -0.1) is 0 Å². The van der Waals surface area contributed by atoms with Gasteiger partial charge in [-0.3, -0.25) is 4.79 Å². The monoisotopic (exact) mass is 624 g/mol. The highest BCUT2D eigenvalue weighted by molar-refractivity contribution is 5.88. The molecule has 5 rings (SSSR count). The SMILES string of the molecule is COc1ccc(-c2oc3cc(O)cc(O)c3c(=O)c2OC2OC(CO)C(O)C(O)C2OC2OC(C)C(O)C(O)C2O)cc1O. The van der Waals surface area contributed by atoms with Crippen LogP contribution in [0.1, 0.15) is 6.92 Å². The van der Waals surface area contributed by atoms with E-state index in [2.05, 4.69) is 0 Å². The molecular formula is C28H32O16. The van der Waals surface area contributed by atoms with Crippen LogP contribution in [0, 0.1) is 0 Å². The van der Waals surface area contributed by atoms with E-state index in [0.717, 1.165) is 12.1 Å². The predicted molar refractivity (Wildman–Crippen MR) is 145 cm³/mol. The fraction of sp³-hybridized carbons (Fsp3) is 0.464. The summed E-state index contributed by atoms with van der Waals surface area (Å²) in [6.07, 6.45) is -16.5. The zero-order valence-corrected chi connectivity index (χ0v) is 23.3. The lowest BCUT2D eigenvalue weighted by Crippen LogP contribution is -2.64. The van der Waals surface area contributed by atoms with Gasteiger partial charge >= 0.3 is 0 Å². The molecule has 10 atom stereocenters. The van der Waals surface area contributed by atoms with Gasteiger partial charge in [0.15, 0.2) is 29.7 Å². The van der Waals surface area contributed by atoms with E-state index < -0.39 is 96.1 Å². The number of aliphatic hydroxyl groups excluding tert-OH is 6. The van der Waals surface area contributed by atoms with Crippen LogP contribution in [0.25, 0.3) is 22.3 Å².